The lowest BCUT2D eigenvalue weighted by Gasteiger charge is -2.16. The highest BCUT2D eigenvalue weighted by Gasteiger charge is 2.22. The summed E-state index contributed by atoms with van der Waals surface area (Å²) in [7, 11) is 4.32. The van der Waals surface area contributed by atoms with Gasteiger partial charge in [-0.2, -0.15) is 0 Å². The molecular weight excluding hydrogens is 278 g/mol. The molecule has 1 aromatic rings. The van der Waals surface area contributed by atoms with Crippen LogP contribution in [-0.2, 0) is 9.53 Å². The number of carboxylic acid groups (broad SMARTS) is 1. The Balaban J connectivity index is 3.04. The van der Waals surface area contributed by atoms with Crippen LogP contribution in [-0.4, -0.2) is 51.0 Å². The molecule has 0 aromatic heterocycles. The smallest absolute Gasteiger partial charge is 0.328 e. The van der Waals surface area contributed by atoms with Crippen LogP contribution in [0.3, 0.4) is 0 Å². The van der Waals surface area contributed by atoms with Crippen LogP contribution < -0.4 is 14.8 Å². The van der Waals surface area contributed by atoms with Gasteiger partial charge in [-0.15, -0.1) is 0 Å². The quantitative estimate of drug-likeness (QED) is 0.774. The lowest BCUT2D eigenvalue weighted by atomic mass is 10.1. The Morgan fingerprint density at radius 2 is 1.76 bits per heavy atom. The average molecular weight is 297 g/mol. The minimum atomic E-state index is -1.16. The van der Waals surface area contributed by atoms with Gasteiger partial charge in [0.25, 0.3) is 5.91 Å². The second-order valence-electron chi connectivity index (χ2n) is 4.34. The molecule has 1 aromatic carbocycles. The van der Waals surface area contributed by atoms with Crippen LogP contribution in [0.5, 0.6) is 11.5 Å². The van der Waals surface area contributed by atoms with Crippen molar-refractivity contribution in [3.05, 3.63) is 23.3 Å². The lowest BCUT2D eigenvalue weighted by molar-refractivity contribution is -0.140. The van der Waals surface area contributed by atoms with Crippen LogP contribution >= 0.6 is 0 Å². The molecule has 0 saturated heterocycles. The van der Waals surface area contributed by atoms with E-state index >= 15 is 0 Å². The summed E-state index contributed by atoms with van der Waals surface area (Å²) in [5.74, 6) is -0.786. The highest BCUT2D eigenvalue weighted by molar-refractivity contribution is 5.98. The largest absolute Gasteiger partial charge is 0.493 e. The Morgan fingerprint density at radius 3 is 2.24 bits per heavy atom. The number of hydrogen-bond acceptors (Lipinski definition) is 5. The second kappa shape index (κ2) is 7.49. The molecule has 1 unspecified atom stereocenters. The molecular formula is C14H19NO6. The minimum absolute atomic E-state index is 0.118. The van der Waals surface area contributed by atoms with Crippen molar-refractivity contribution >= 4 is 11.9 Å². The summed E-state index contributed by atoms with van der Waals surface area (Å²) in [6.45, 7) is 1.61. The first-order valence-corrected chi connectivity index (χ1v) is 6.19. The third kappa shape index (κ3) is 4.09. The zero-order chi connectivity index (χ0) is 16.0. The number of carbonyl (C=O) groups is 2. The number of aliphatic carboxylic acids is 1. The SMILES string of the molecule is COCC(NC(=O)c1cc(OC)c(OC)cc1C)C(=O)O. The molecule has 1 rings (SSSR count). The molecule has 0 bridgehead atoms. The van der Waals surface area contributed by atoms with Crippen LogP contribution in [0, 0.1) is 6.92 Å². The summed E-state index contributed by atoms with van der Waals surface area (Å²) < 4.78 is 15.0. The van der Waals surface area contributed by atoms with Gasteiger partial charge in [0.05, 0.1) is 20.8 Å². The van der Waals surface area contributed by atoms with Gasteiger partial charge in [-0.25, -0.2) is 4.79 Å². The normalized spacial score (nSPS) is 11.6. The zero-order valence-corrected chi connectivity index (χ0v) is 12.4. The van der Waals surface area contributed by atoms with Crippen LogP contribution in [0.1, 0.15) is 15.9 Å². The summed E-state index contributed by atoms with van der Waals surface area (Å²) in [6, 6.07) is 2.05. The average Bonchev–Trinajstić information content (AvgIpc) is 2.45. The number of hydrogen-bond donors (Lipinski definition) is 2. The standard InChI is InChI=1S/C14H19NO6/c1-8-5-11(20-3)12(21-4)6-9(8)13(16)15-10(7-19-2)14(17)18/h5-6,10H,7H2,1-4H3,(H,15,16)(H,17,18). The van der Waals surface area contributed by atoms with Gasteiger partial charge in [0, 0.05) is 12.7 Å². The van der Waals surface area contributed by atoms with Crippen molar-refractivity contribution in [2.45, 2.75) is 13.0 Å². The van der Waals surface area contributed by atoms with Crippen molar-refractivity contribution < 1.29 is 28.9 Å². The van der Waals surface area contributed by atoms with Gasteiger partial charge in [-0.1, -0.05) is 0 Å². The van der Waals surface area contributed by atoms with Crippen molar-refractivity contribution in [1.29, 1.82) is 0 Å². The Morgan fingerprint density at radius 1 is 1.19 bits per heavy atom. The number of aryl methyl sites for hydroxylation is 1. The number of rotatable bonds is 7. The second-order valence-corrected chi connectivity index (χ2v) is 4.34. The molecule has 0 aliphatic heterocycles. The molecule has 0 fully saturated rings. The fourth-order valence-electron chi connectivity index (χ4n) is 1.80. The summed E-state index contributed by atoms with van der Waals surface area (Å²) >= 11 is 0. The van der Waals surface area contributed by atoms with Gasteiger partial charge in [0.15, 0.2) is 17.5 Å². The zero-order valence-electron chi connectivity index (χ0n) is 12.4. The molecule has 0 spiro atoms. The van der Waals surface area contributed by atoms with Gasteiger partial charge < -0.3 is 24.6 Å². The Kier molecular flexibility index (Phi) is 5.98. The van der Waals surface area contributed by atoms with Crippen molar-refractivity contribution in [1.82, 2.24) is 5.32 Å². The molecule has 0 aliphatic rings. The summed E-state index contributed by atoms with van der Waals surface area (Å²) in [6.07, 6.45) is 0. The maximum atomic E-state index is 12.2. The molecule has 0 aliphatic carbocycles. The van der Waals surface area contributed by atoms with Crippen LogP contribution in [0.4, 0.5) is 0 Å². The first kappa shape index (κ1) is 16.8. The predicted molar refractivity (Wildman–Crippen MR) is 75.0 cm³/mol. The summed E-state index contributed by atoms with van der Waals surface area (Å²) in [5, 5.41) is 11.4. The Labute approximate surface area is 122 Å². The van der Waals surface area contributed by atoms with E-state index in [-0.39, 0.29) is 6.61 Å². The van der Waals surface area contributed by atoms with Crippen molar-refractivity contribution in [2.75, 3.05) is 27.9 Å². The van der Waals surface area contributed by atoms with E-state index in [1.54, 1.807) is 13.0 Å². The molecule has 0 radical (unpaired) electrons. The van der Waals surface area contributed by atoms with E-state index in [2.05, 4.69) is 5.32 Å². The highest BCUT2D eigenvalue weighted by Crippen LogP contribution is 2.30. The monoisotopic (exact) mass is 297 g/mol. The van der Waals surface area contributed by atoms with Crippen LogP contribution in [0.2, 0.25) is 0 Å². The van der Waals surface area contributed by atoms with Gasteiger partial charge >= 0.3 is 5.97 Å². The number of methoxy groups -OCH3 is 3. The molecule has 1 amide bonds. The number of carboxylic acids is 1. The van der Waals surface area contributed by atoms with Crippen molar-refractivity contribution in [2.24, 2.45) is 0 Å². The van der Waals surface area contributed by atoms with E-state index in [4.69, 9.17) is 19.3 Å². The molecule has 116 valence electrons. The summed E-state index contributed by atoms with van der Waals surface area (Å²) in [5.41, 5.74) is 0.960. The third-order valence-corrected chi connectivity index (χ3v) is 2.91. The third-order valence-electron chi connectivity index (χ3n) is 2.91. The molecule has 21 heavy (non-hydrogen) atoms. The first-order valence-electron chi connectivity index (χ1n) is 6.19. The topological polar surface area (TPSA) is 94.1 Å². The van der Waals surface area contributed by atoms with Crippen LogP contribution in [0.15, 0.2) is 12.1 Å². The van der Waals surface area contributed by atoms with Crippen molar-refractivity contribution in [3.8, 4) is 11.5 Å². The fourth-order valence-corrected chi connectivity index (χ4v) is 1.80. The van der Waals surface area contributed by atoms with E-state index in [1.165, 1.54) is 27.4 Å². The first-order chi connectivity index (χ1) is 9.94. The van der Waals surface area contributed by atoms with Gasteiger partial charge in [0.1, 0.15) is 0 Å². The maximum absolute atomic E-state index is 12.2. The Hall–Kier alpha value is -2.28. The molecule has 0 saturated carbocycles. The lowest BCUT2D eigenvalue weighted by Crippen LogP contribution is -2.44. The molecule has 0 heterocycles. The van der Waals surface area contributed by atoms with Crippen LogP contribution in [0.25, 0.3) is 0 Å². The molecule has 2 N–H and O–H groups in total. The number of benzene rings is 1. The fraction of sp³-hybridized carbons (Fsp3) is 0.429. The van der Waals surface area contributed by atoms with Gasteiger partial charge in [0.2, 0.25) is 0 Å². The van der Waals surface area contributed by atoms with E-state index in [0.717, 1.165) is 0 Å². The van der Waals surface area contributed by atoms with Gasteiger partial charge in [-0.05, 0) is 24.6 Å². The maximum Gasteiger partial charge on any atom is 0.328 e. The number of nitrogens with one attached hydrogen (secondary N) is 1. The number of amides is 1. The summed E-state index contributed by atoms with van der Waals surface area (Å²) in [4.78, 5) is 23.2. The Bertz CT molecular complexity index is 528. The highest BCUT2D eigenvalue weighted by atomic mass is 16.5. The number of ether oxygens (including phenoxy) is 3. The minimum Gasteiger partial charge on any atom is -0.493 e. The molecule has 7 nitrogen and oxygen atoms in total. The van der Waals surface area contributed by atoms with E-state index in [9.17, 15) is 9.59 Å². The van der Waals surface area contributed by atoms with Gasteiger partial charge in [-0.3, -0.25) is 4.79 Å². The van der Waals surface area contributed by atoms with E-state index in [0.29, 0.717) is 22.6 Å². The number of carbonyl (C=O) groups excluding carboxylic acids is 1. The molecule has 7 heteroatoms. The van der Waals surface area contributed by atoms with E-state index in [1.807, 2.05) is 0 Å². The van der Waals surface area contributed by atoms with Crippen molar-refractivity contribution in [3.63, 3.8) is 0 Å². The molecule has 1 atom stereocenters. The van der Waals surface area contributed by atoms with E-state index < -0.39 is 17.9 Å². The predicted octanol–water partition coefficient (Wildman–Crippen LogP) is 0.842.